The van der Waals surface area contributed by atoms with Gasteiger partial charge in [-0.25, -0.2) is 4.57 Å². The number of quaternary nitrogens is 1. The second kappa shape index (κ2) is 59.8. The van der Waals surface area contributed by atoms with Gasteiger partial charge in [-0.3, -0.25) is 18.6 Å². The smallest absolute Gasteiger partial charge is 0.456 e. The van der Waals surface area contributed by atoms with Gasteiger partial charge in [0.25, 0.3) is 0 Å². The maximum absolute atomic E-state index is 13.6. The molecule has 0 aliphatic heterocycles. The molecule has 0 aliphatic rings. The number of rotatable bonds is 59. The number of phosphoric acid groups is 1. The molecule has 0 spiro atoms. The Labute approximate surface area is 500 Å². The number of carbonyl (C=O) groups is 2. The van der Waals surface area contributed by atoms with E-state index >= 15 is 0 Å². The van der Waals surface area contributed by atoms with Gasteiger partial charge in [-0.05, 0) is 115 Å². The molecular weight excluding hydrogens is 1020 g/mol. The van der Waals surface area contributed by atoms with Crippen LogP contribution in [-0.2, 0) is 27.9 Å². The Morgan fingerprint density at radius 1 is 0.444 bits per heavy atom. The van der Waals surface area contributed by atoms with Crippen molar-refractivity contribution in [3.05, 3.63) is 109 Å². The minimum Gasteiger partial charge on any atom is -0.456 e. The third-order valence-electron chi connectivity index (χ3n) is 14.2. The fourth-order valence-corrected chi connectivity index (χ4v) is 9.83. The molecular formula is C71H126N2O7P+. The molecule has 0 aromatic heterocycles. The fraction of sp³-hybridized carbons (Fsp3) is 0.718. The highest BCUT2D eigenvalue weighted by molar-refractivity contribution is 7.47. The highest BCUT2D eigenvalue weighted by atomic mass is 31.2. The highest BCUT2D eigenvalue weighted by Crippen LogP contribution is 2.43. The summed E-state index contributed by atoms with van der Waals surface area (Å²) in [6, 6.07) is -0.866. The number of nitrogens with one attached hydrogen (secondary N) is 1. The largest absolute Gasteiger partial charge is 0.472 e. The van der Waals surface area contributed by atoms with E-state index in [0.29, 0.717) is 23.9 Å². The summed E-state index contributed by atoms with van der Waals surface area (Å²) >= 11 is 0. The second-order valence-corrected chi connectivity index (χ2v) is 24.7. The van der Waals surface area contributed by atoms with Crippen molar-refractivity contribution >= 4 is 19.7 Å². The summed E-state index contributed by atoms with van der Waals surface area (Å²) in [5, 5.41) is 3.05. The van der Waals surface area contributed by atoms with Crippen LogP contribution in [0.4, 0.5) is 0 Å². The van der Waals surface area contributed by atoms with Gasteiger partial charge in [-0.15, -0.1) is 0 Å². The number of allylic oxidation sites excluding steroid dienone is 17. The van der Waals surface area contributed by atoms with E-state index in [1.807, 2.05) is 33.3 Å². The Morgan fingerprint density at radius 2 is 0.790 bits per heavy atom. The number of nitrogens with zero attached hydrogens (tertiary/aromatic N) is 1. The van der Waals surface area contributed by atoms with Crippen LogP contribution >= 0.6 is 7.82 Å². The summed E-state index contributed by atoms with van der Waals surface area (Å²) in [7, 11) is 1.47. The summed E-state index contributed by atoms with van der Waals surface area (Å²) in [4.78, 5) is 37.8. The van der Waals surface area contributed by atoms with Crippen molar-refractivity contribution in [2.24, 2.45) is 0 Å². The molecule has 81 heavy (non-hydrogen) atoms. The Balaban J connectivity index is 5.17. The van der Waals surface area contributed by atoms with Gasteiger partial charge in [0.05, 0.1) is 33.8 Å². The molecule has 0 fully saturated rings. The molecule has 3 unspecified atom stereocenters. The lowest BCUT2D eigenvalue weighted by Gasteiger charge is -2.27. The SMILES string of the molecule is CC/C=C\C/C=C\C/C=C\C/C=C\C/C=C\CCCCCCCC(=O)OC(/C=C/CCCCCCCCCCC)C(COP(=O)(O)OCC[N+](C)(C)C)NC(=O)CCCCCCCCCCCC/C=C\C/C=C\C/C=C\CCCCC. The number of hydrogen-bond donors (Lipinski definition) is 2. The lowest BCUT2D eigenvalue weighted by Crippen LogP contribution is -2.47. The lowest BCUT2D eigenvalue weighted by atomic mass is 10.0. The fourth-order valence-electron chi connectivity index (χ4n) is 9.09. The van der Waals surface area contributed by atoms with Gasteiger partial charge in [0.2, 0.25) is 5.91 Å². The summed E-state index contributed by atoms with van der Waals surface area (Å²) in [5.74, 6) is -0.534. The normalized spacial score (nSPS) is 14.3. The number of carbonyl (C=O) groups excluding carboxylic acids is 2. The molecule has 3 atom stereocenters. The van der Waals surface area contributed by atoms with Gasteiger partial charge in [-0.1, -0.05) is 259 Å². The van der Waals surface area contributed by atoms with Crippen molar-refractivity contribution in [1.82, 2.24) is 5.32 Å². The maximum atomic E-state index is 13.6. The molecule has 1 amide bonds. The number of hydrogen-bond acceptors (Lipinski definition) is 6. The summed E-state index contributed by atoms with van der Waals surface area (Å²) in [5.41, 5.74) is 0. The van der Waals surface area contributed by atoms with Gasteiger partial charge in [-0.2, -0.15) is 0 Å². The molecule has 0 aromatic rings. The number of amides is 1. The van der Waals surface area contributed by atoms with Crippen LogP contribution in [0, 0.1) is 0 Å². The molecule has 0 radical (unpaired) electrons. The van der Waals surface area contributed by atoms with Crippen LogP contribution in [0.3, 0.4) is 0 Å². The molecule has 10 heteroatoms. The van der Waals surface area contributed by atoms with Crippen molar-refractivity contribution < 1.29 is 37.3 Å². The number of likely N-dealkylation sites (N-methyl/N-ethyl adjacent to an activating group) is 1. The van der Waals surface area contributed by atoms with E-state index in [1.165, 1.54) is 109 Å². The monoisotopic (exact) mass is 1150 g/mol. The Hall–Kier alpha value is -3.33. The van der Waals surface area contributed by atoms with Crippen LogP contribution < -0.4 is 5.32 Å². The predicted molar refractivity (Wildman–Crippen MR) is 350 cm³/mol. The first-order chi connectivity index (χ1) is 39.4. The van der Waals surface area contributed by atoms with E-state index in [1.54, 1.807) is 0 Å². The zero-order valence-electron chi connectivity index (χ0n) is 53.2. The zero-order valence-corrected chi connectivity index (χ0v) is 54.1. The van der Waals surface area contributed by atoms with Crippen LogP contribution in [-0.4, -0.2) is 74.3 Å². The first-order valence-corrected chi connectivity index (χ1v) is 34.7. The van der Waals surface area contributed by atoms with Gasteiger partial charge < -0.3 is 19.4 Å². The predicted octanol–water partition coefficient (Wildman–Crippen LogP) is 20.9. The summed E-state index contributed by atoms with van der Waals surface area (Å²) in [6.45, 7) is 6.85. The molecule has 0 heterocycles. The second-order valence-electron chi connectivity index (χ2n) is 23.3. The lowest BCUT2D eigenvalue weighted by molar-refractivity contribution is -0.870. The molecule has 0 aromatic carbocycles. The number of ether oxygens (including phenoxy) is 1. The average molecular weight is 1150 g/mol. The van der Waals surface area contributed by atoms with Crippen molar-refractivity contribution in [3.63, 3.8) is 0 Å². The van der Waals surface area contributed by atoms with E-state index in [9.17, 15) is 19.0 Å². The van der Waals surface area contributed by atoms with Crippen LogP contribution in [0.5, 0.6) is 0 Å². The van der Waals surface area contributed by atoms with Crippen molar-refractivity contribution in [3.8, 4) is 0 Å². The van der Waals surface area contributed by atoms with Crippen LogP contribution in [0.1, 0.15) is 278 Å². The zero-order chi connectivity index (χ0) is 59.3. The summed E-state index contributed by atoms with van der Waals surface area (Å²) < 4.78 is 30.7. The summed E-state index contributed by atoms with van der Waals surface area (Å²) in [6.07, 6.45) is 82.3. The van der Waals surface area contributed by atoms with E-state index in [4.69, 9.17) is 13.8 Å². The van der Waals surface area contributed by atoms with E-state index in [0.717, 1.165) is 128 Å². The van der Waals surface area contributed by atoms with Crippen LogP contribution in [0.15, 0.2) is 109 Å². The van der Waals surface area contributed by atoms with Crippen molar-refractivity contribution in [2.45, 2.75) is 290 Å². The Morgan fingerprint density at radius 3 is 1.21 bits per heavy atom. The number of phosphoric ester groups is 1. The number of unbranched alkanes of at least 4 members (excludes halogenated alkanes) is 27. The van der Waals surface area contributed by atoms with Crippen LogP contribution in [0.25, 0.3) is 0 Å². The third-order valence-corrected chi connectivity index (χ3v) is 15.2. The molecule has 0 saturated carbocycles. The average Bonchev–Trinajstić information content (AvgIpc) is 3.43. The molecule has 466 valence electrons. The van der Waals surface area contributed by atoms with Crippen molar-refractivity contribution in [1.29, 1.82) is 0 Å². The van der Waals surface area contributed by atoms with Crippen LogP contribution in [0.2, 0.25) is 0 Å². The minimum atomic E-state index is -4.46. The Bertz CT molecular complexity index is 1750. The van der Waals surface area contributed by atoms with Gasteiger partial charge in [0.1, 0.15) is 19.3 Å². The molecule has 0 rings (SSSR count). The van der Waals surface area contributed by atoms with Gasteiger partial charge in [0, 0.05) is 12.8 Å². The number of esters is 1. The van der Waals surface area contributed by atoms with Gasteiger partial charge >= 0.3 is 13.8 Å². The highest BCUT2D eigenvalue weighted by Gasteiger charge is 2.30. The van der Waals surface area contributed by atoms with Crippen molar-refractivity contribution in [2.75, 3.05) is 40.9 Å². The van der Waals surface area contributed by atoms with Gasteiger partial charge in [0.15, 0.2) is 0 Å². The molecule has 0 bridgehead atoms. The van der Waals surface area contributed by atoms with E-state index in [2.05, 4.69) is 123 Å². The molecule has 2 N–H and O–H groups in total. The molecule has 9 nitrogen and oxygen atoms in total. The minimum absolute atomic E-state index is 0.0308. The Kier molecular flexibility index (Phi) is 57.4. The maximum Gasteiger partial charge on any atom is 0.472 e. The van der Waals surface area contributed by atoms with E-state index < -0.39 is 20.0 Å². The standard InChI is InChI=1S/C71H125N2O7P/c1-7-10-13-16-19-22-25-27-29-31-33-35-36-38-39-41-43-45-48-51-54-57-60-63-70(74)72-68(67-79-81(76,77)78-66-65-73(4,5)6)69(62-59-56-53-50-47-24-21-18-15-12-9-3)80-71(75)64-61-58-55-52-49-46-44-42-40-37-34-32-30-28-26-23-20-17-14-11-8-2/h11,14,19-20,22-23,27-30,33-35,37,42,44,59,62,68-69H,7-10,12-13,15-18,21,24-26,31-32,36,38-41,43,45-58,60-61,63-67H2,1-6H3,(H-,72,74,76,77)/p+1/b14-11-,22-19-,23-20-,29-27-,30-28-,35-33-,37-34-,44-42-,62-59+. The molecule has 0 aliphatic carbocycles. The topological polar surface area (TPSA) is 111 Å². The first-order valence-electron chi connectivity index (χ1n) is 33.2. The molecule has 0 saturated heterocycles. The quantitative estimate of drug-likeness (QED) is 0.0205. The first kappa shape index (κ1) is 77.7. The third kappa shape index (κ3) is 61.1. The van der Waals surface area contributed by atoms with E-state index in [-0.39, 0.29) is 31.5 Å².